The van der Waals surface area contributed by atoms with E-state index >= 15 is 0 Å². The zero-order valence-corrected chi connectivity index (χ0v) is 11.2. The molecule has 3 N–H and O–H groups in total. The predicted octanol–water partition coefficient (Wildman–Crippen LogP) is 3.52. The van der Waals surface area contributed by atoms with Crippen molar-refractivity contribution in [3.8, 4) is 0 Å². The van der Waals surface area contributed by atoms with Crippen molar-refractivity contribution >= 4 is 22.9 Å². The van der Waals surface area contributed by atoms with Crippen LogP contribution in [0.25, 0.3) is 0 Å². The topological polar surface area (TPSA) is 38.0 Å². The highest BCUT2D eigenvalue weighted by atomic mass is 35.5. The van der Waals surface area contributed by atoms with Crippen LogP contribution in [0, 0.1) is 0 Å². The van der Waals surface area contributed by atoms with Crippen LogP contribution in [0.1, 0.15) is 29.0 Å². The molecule has 0 saturated carbocycles. The summed E-state index contributed by atoms with van der Waals surface area (Å²) in [5.41, 5.74) is 5.36. The van der Waals surface area contributed by atoms with E-state index < -0.39 is 0 Å². The molecule has 1 atom stereocenters. The third-order valence-corrected chi connectivity index (χ3v) is 4.07. The SMILES string of the molecule is CCc1ccsc1C(NN)c1ccc(Cl)cc1. The van der Waals surface area contributed by atoms with Gasteiger partial charge in [0.05, 0.1) is 6.04 Å². The Morgan fingerprint density at radius 1 is 1.29 bits per heavy atom. The Kier molecular flexibility index (Phi) is 4.18. The van der Waals surface area contributed by atoms with Crippen molar-refractivity contribution in [3.05, 3.63) is 56.7 Å². The Bertz CT molecular complexity index is 478. The average Bonchev–Trinajstić information content (AvgIpc) is 2.81. The second kappa shape index (κ2) is 5.65. The standard InChI is InChI=1S/C13H15ClN2S/c1-2-9-7-8-17-13(9)12(16-15)10-3-5-11(14)6-4-10/h3-8,12,16H,2,15H2,1H3. The van der Waals surface area contributed by atoms with E-state index in [1.165, 1.54) is 10.4 Å². The normalized spacial score (nSPS) is 12.6. The molecule has 0 saturated heterocycles. The first kappa shape index (κ1) is 12.6. The van der Waals surface area contributed by atoms with E-state index in [4.69, 9.17) is 17.4 Å². The van der Waals surface area contributed by atoms with Gasteiger partial charge in [-0.05, 0) is 41.1 Å². The molecule has 1 aromatic heterocycles. The molecule has 17 heavy (non-hydrogen) atoms. The van der Waals surface area contributed by atoms with Gasteiger partial charge >= 0.3 is 0 Å². The zero-order chi connectivity index (χ0) is 12.3. The summed E-state index contributed by atoms with van der Waals surface area (Å²) in [5, 5.41) is 2.85. The van der Waals surface area contributed by atoms with Crippen molar-refractivity contribution in [3.63, 3.8) is 0 Å². The van der Waals surface area contributed by atoms with Crippen LogP contribution in [-0.2, 0) is 6.42 Å². The van der Waals surface area contributed by atoms with Crippen molar-refractivity contribution in [1.29, 1.82) is 0 Å². The fraction of sp³-hybridized carbons (Fsp3) is 0.231. The summed E-state index contributed by atoms with van der Waals surface area (Å²) < 4.78 is 0. The predicted molar refractivity (Wildman–Crippen MR) is 74.3 cm³/mol. The molecule has 0 aliphatic rings. The molecule has 2 aromatic rings. The molecule has 0 aliphatic carbocycles. The number of nitrogens with two attached hydrogens (primary N) is 1. The fourth-order valence-electron chi connectivity index (χ4n) is 1.87. The summed E-state index contributed by atoms with van der Waals surface area (Å²) >= 11 is 7.62. The Morgan fingerprint density at radius 3 is 2.59 bits per heavy atom. The molecular formula is C13H15ClN2S. The van der Waals surface area contributed by atoms with Gasteiger partial charge in [0.1, 0.15) is 0 Å². The van der Waals surface area contributed by atoms with Gasteiger partial charge in [0, 0.05) is 9.90 Å². The summed E-state index contributed by atoms with van der Waals surface area (Å²) in [6.07, 6.45) is 1.02. The van der Waals surface area contributed by atoms with E-state index in [2.05, 4.69) is 23.8 Å². The number of thiophene rings is 1. The molecule has 0 spiro atoms. The van der Waals surface area contributed by atoms with Gasteiger partial charge in [0.2, 0.25) is 0 Å². The van der Waals surface area contributed by atoms with E-state index in [1.54, 1.807) is 11.3 Å². The summed E-state index contributed by atoms with van der Waals surface area (Å²) in [7, 11) is 0. The van der Waals surface area contributed by atoms with E-state index in [0.717, 1.165) is 17.0 Å². The number of nitrogens with one attached hydrogen (secondary N) is 1. The highest BCUT2D eigenvalue weighted by Crippen LogP contribution is 2.30. The van der Waals surface area contributed by atoms with E-state index in [0.29, 0.717) is 0 Å². The van der Waals surface area contributed by atoms with Crippen LogP contribution in [0.3, 0.4) is 0 Å². The number of benzene rings is 1. The van der Waals surface area contributed by atoms with Gasteiger partial charge in [-0.3, -0.25) is 5.84 Å². The van der Waals surface area contributed by atoms with Crippen LogP contribution in [0.15, 0.2) is 35.7 Å². The van der Waals surface area contributed by atoms with Gasteiger partial charge in [0.15, 0.2) is 0 Å². The molecule has 0 amide bonds. The van der Waals surface area contributed by atoms with Crippen LogP contribution < -0.4 is 11.3 Å². The van der Waals surface area contributed by atoms with Gasteiger partial charge in [0.25, 0.3) is 0 Å². The van der Waals surface area contributed by atoms with Gasteiger partial charge < -0.3 is 0 Å². The Balaban J connectivity index is 2.36. The Morgan fingerprint density at radius 2 is 2.00 bits per heavy atom. The largest absolute Gasteiger partial charge is 0.271 e. The van der Waals surface area contributed by atoms with Gasteiger partial charge in [-0.1, -0.05) is 30.7 Å². The number of rotatable bonds is 4. The van der Waals surface area contributed by atoms with Crippen molar-refractivity contribution in [1.82, 2.24) is 5.43 Å². The monoisotopic (exact) mass is 266 g/mol. The Hall–Kier alpha value is -0.870. The second-order valence-corrected chi connectivity index (χ2v) is 5.20. The first-order chi connectivity index (χ1) is 8.26. The van der Waals surface area contributed by atoms with Gasteiger partial charge in [-0.2, -0.15) is 0 Å². The molecule has 1 aromatic carbocycles. The molecule has 2 rings (SSSR count). The summed E-state index contributed by atoms with van der Waals surface area (Å²) in [6.45, 7) is 2.15. The lowest BCUT2D eigenvalue weighted by Crippen LogP contribution is -2.28. The molecule has 0 radical (unpaired) electrons. The van der Waals surface area contributed by atoms with E-state index in [-0.39, 0.29) is 6.04 Å². The molecule has 0 fully saturated rings. The molecule has 1 unspecified atom stereocenters. The maximum absolute atomic E-state index is 5.89. The Labute approximate surface area is 110 Å². The molecule has 0 aliphatic heterocycles. The molecule has 2 nitrogen and oxygen atoms in total. The smallest absolute Gasteiger partial charge is 0.0805 e. The number of aryl methyl sites for hydroxylation is 1. The van der Waals surface area contributed by atoms with E-state index in [1.807, 2.05) is 24.3 Å². The van der Waals surface area contributed by atoms with Crippen LogP contribution in [0.4, 0.5) is 0 Å². The summed E-state index contributed by atoms with van der Waals surface area (Å²) in [5.74, 6) is 5.68. The van der Waals surface area contributed by atoms with Crippen LogP contribution in [-0.4, -0.2) is 0 Å². The third-order valence-electron chi connectivity index (χ3n) is 2.79. The number of hydrogen-bond acceptors (Lipinski definition) is 3. The average molecular weight is 267 g/mol. The van der Waals surface area contributed by atoms with Crippen molar-refractivity contribution in [2.45, 2.75) is 19.4 Å². The first-order valence-corrected chi connectivity index (χ1v) is 6.80. The highest BCUT2D eigenvalue weighted by molar-refractivity contribution is 7.10. The molecule has 1 heterocycles. The minimum absolute atomic E-state index is 0.0437. The number of hydrogen-bond donors (Lipinski definition) is 2. The van der Waals surface area contributed by atoms with Gasteiger partial charge in [-0.25, -0.2) is 5.43 Å². The summed E-state index contributed by atoms with van der Waals surface area (Å²) in [6, 6.07) is 9.99. The second-order valence-electron chi connectivity index (χ2n) is 3.81. The first-order valence-electron chi connectivity index (χ1n) is 5.54. The fourth-order valence-corrected chi connectivity index (χ4v) is 3.08. The lowest BCUT2D eigenvalue weighted by atomic mass is 10.0. The molecule has 4 heteroatoms. The zero-order valence-electron chi connectivity index (χ0n) is 9.61. The summed E-state index contributed by atoms with van der Waals surface area (Å²) in [4.78, 5) is 1.28. The maximum atomic E-state index is 5.89. The van der Waals surface area contributed by atoms with Crippen molar-refractivity contribution in [2.75, 3.05) is 0 Å². The minimum atomic E-state index is 0.0437. The maximum Gasteiger partial charge on any atom is 0.0805 e. The van der Waals surface area contributed by atoms with Gasteiger partial charge in [-0.15, -0.1) is 11.3 Å². The number of halogens is 1. The molecule has 90 valence electrons. The van der Waals surface area contributed by atoms with Crippen molar-refractivity contribution in [2.24, 2.45) is 5.84 Å². The molecule has 0 bridgehead atoms. The quantitative estimate of drug-likeness (QED) is 0.656. The highest BCUT2D eigenvalue weighted by Gasteiger charge is 2.16. The third kappa shape index (κ3) is 2.69. The lowest BCUT2D eigenvalue weighted by Gasteiger charge is -2.16. The lowest BCUT2D eigenvalue weighted by molar-refractivity contribution is 0.642. The minimum Gasteiger partial charge on any atom is -0.271 e. The van der Waals surface area contributed by atoms with Crippen LogP contribution in [0.5, 0.6) is 0 Å². The van der Waals surface area contributed by atoms with Crippen LogP contribution >= 0.6 is 22.9 Å². The molecular weight excluding hydrogens is 252 g/mol. The van der Waals surface area contributed by atoms with E-state index in [9.17, 15) is 0 Å². The number of hydrazine groups is 1. The van der Waals surface area contributed by atoms with Crippen molar-refractivity contribution < 1.29 is 0 Å². The van der Waals surface area contributed by atoms with Crippen LogP contribution in [0.2, 0.25) is 5.02 Å².